The molecule has 0 saturated heterocycles. The van der Waals surface area contributed by atoms with E-state index in [1.54, 1.807) is 24.3 Å². The first kappa shape index (κ1) is 26.7. The number of nitrogens with one attached hydrogen (secondary N) is 1. The number of aromatic amines is 1. The number of benzene rings is 3. The summed E-state index contributed by atoms with van der Waals surface area (Å²) in [5.41, 5.74) is 21.4. The molecule has 0 spiro atoms. The molecule has 4 aromatic rings. The molecule has 0 fully saturated rings. The number of carbonyl (C=O) groups excluding carboxylic acids is 3. The third kappa shape index (κ3) is 6.92. The first-order chi connectivity index (χ1) is 18.3. The minimum Gasteiger partial charge on any atom is -0.425 e. The van der Waals surface area contributed by atoms with Crippen molar-refractivity contribution in [3.63, 3.8) is 0 Å². The third-order valence-corrected chi connectivity index (χ3v) is 6.12. The van der Waals surface area contributed by atoms with Gasteiger partial charge in [-0.15, -0.1) is 0 Å². The first-order valence-electron chi connectivity index (χ1n) is 12.2. The van der Waals surface area contributed by atoms with Gasteiger partial charge in [0.25, 0.3) is 0 Å². The number of H-pyrrole nitrogens is 1. The van der Waals surface area contributed by atoms with Gasteiger partial charge in [0.15, 0.2) is 0 Å². The van der Waals surface area contributed by atoms with Crippen LogP contribution >= 0.6 is 0 Å². The summed E-state index contributed by atoms with van der Waals surface area (Å²) in [4.78, 5) is 40.2. The van der Waals surface area contributed by atoms with Crippen molar-refractivity contribution in [2.24, 2.45) is 17.2 Å². The molecule has 0 aliphatic rings. The molecule has 0 radical (unpaired) electrons. The van der Waals surface area contributed by atoms with Crippen molar-refractivity contribution in [2.45, 2.75) is 37.4 Å². The largest absolute Gasteiger partial charge is 0.425 e. The van der Waals surface area contributed by atoms with Crippen molar-refractivity contribution in [1.82, 2.24) is 4.98 Å². The normalized spacial score (nSPS) is 13.4. The van der Waals surface area contributed by atoms with Gasteiger partial charge in [0.2, 0.25) is 0 Å². The highest BCUT2D eigenvalue weighted by molar-refractivity contribution is 5.91. The molecule has 1 aromatic heterocycles. The summed E-state index contributed by atoms with van der Waals surface area (Å²) in [7, 11) is 0. The molecule has 0 aliphatic carbocycles. The molecule has 0 unspecified atom stereocenters. The van der Waals surface area contributed by atoms with Crippen LogP contribution in [0.5, 0.6) is 5.75 Å². The molecule has 0 amide bonds. The van der Waals surface area contributed by atoms with E-state index in [0.29, 0.717) is 17.7 Å². The Morgan fingerprint density at radius 1 is 0.658 bits per heavy atom. The second-order valence-electron chi connectivity index (χ2n) is 9.08. The minimum atomic E-state index is -1.07. The lowest BCUT2D eigenvalue weighted by Crippen LogP contribution is -2.41. The molecule has 1 heterocycles. The Balaban J connectivity index is 1.25. The number of rotatable bonds is 10. The lowest BCUT2D eigenvalue weighted by Gasteiger charge is -2.14. The van der Waals surface area contributed by atoms with Gasteiger partial charge in [-0.25, -0.2) is 14.4 Å². The summed E-state index contributed by atoms with van der Waals surface area (Å²) in [5.74, 6) is -1.95. The zero-order valence-corrected chi connectivity index (χ0v) is 20.7. The summed E-state index contributed by atoms with van der Waals surface area (Å²) in [6.07, 6.45) is 2.53. The zero-order valence-electron chi connectivity index (χ0n) is 20.7. The number of aromatic nitrogens is 1. The molecule has 7 N–H and O–H groups in total. The molecule has 9 nitrogen and oxygen atoms in total. The van der Waals surface area contributed by atoms with Crippen LogP contribution in [0, 0.1) is 0 Å². The monoisotopic (exact) mass is 514 g/mol. The Kier molecular flexibility index (Phi) is 8.65. The molecule has 4 rings (SSSR count). The maximum atomic E-state index is 12.5. The summed E-state index contributed by atoms with van der Waals surface area (Å²) in [6, 6.07) is 20.6. The van der Waals surface area contributed by atoms with Crippen molar-refractivity contribution in [2.75, 3.05) is 0 Å². The molecule has 9 heteroatoms. The van der Waals surface area contributed by atoms with Gasteiger partial charge in [-0.1, -0.05) is 60.7 Å². The van der Waals surface area contributed by atoms with E-state index in [9.17, 15) is 14.4 Å². The highest BCUT2D eigenvalue weighted by Gasteiger charge is 2.24. The highest BCUT2D eigenvalue weighted by atomic mass is 16.6. The van der Waals surface area contributed by atoms with Gasteiger partial charge in [0.1, 0.15) is 23.9 Å². The van der Waals surface area contributed by atoms with Crippen molar-refractivity contribution in [1.29, 1.82) is 0 Å². The third-order valence-electron chi connectivity index (χ3n) is 6.12. The summed E-state index contributed by atoms with van der Waals surface area (Å²) >= 11 is 0. The van der Waals surface area contributed by atoms with Crippen LogP contribution in [0.15, 0.2) is 85.1 Å². The van der Waals surface area contributed by atoms with E-state index in [4.69, 9.17) is 26.7 Å². The molecular formula is C29H30N4O5. The second kappa shape index (κ2) is 12.3. The quantitative estimate of drug-likeness (QED) is 0.142. The Labute approximate surface area is 219 Å². The lowest BCUT2D eigenvalue weighted by molar-refractivity contribution is -0.161. The van der Waals surface area contributed by atoms with E-state index in [0.717, 1.165) is 22.0 Å². The highest BCUT2D eigenvalue weighted by Crippen LogP contribution is 2.20. The topological polar surface area (TPSA) is 164 Å². The van der Waals surface area contributed by atoms with Gasteiger partial charge in [-0.2, -0.15) is 0 Å². The maximum Gasteiger partial charge on any atom is 0.330 e. The maximum absolute atomic E-state index is 12.5. The number of para-hydroxylation sites is 1. The van der Waals surface area contributed by atoms with Crippen LogP contribution in [0.3, 0.4) is 0 Å². The van der Waals surface area contributed by atoms with Crippen LogP contribution in [0.1, 0.15) is 16.7 Å². The Morgan fingerprint density at radius 3 is 1.87 bits per heavy atom. The summed E-state index contributed by atoms with van der Waals surface area (Å²) < 4.78 is 10.3. The van der Waals surface area contributed by atoms with Crippen molar-refractivity contribution in [3.8, 4) is 5.75 Å². The number of esters is 3. The Morgan fingerprint density at radius 2 is 1.21 bits per heavy atom. The zero-order chi connectivity index (χ0) is 27.1. The van der Waals surface area contributed by atoms with Crippen LogP contribution in [-0.4, -0.2) is 41.0 Å². The number of ether oxygens (including phenoxy) is 2. The minimum absolute atomic E-state index is 0.119. The van der Waals surface area contributed by atoms with Gasteiger partial charge in [0.05, 0.1) is 0 Å². The predicted octanol–water partition coefficient (Wildman–Crippen LogP) is 2.15. The number of carbonyl (C=O) groups is 3. The van der Waals surface area contributed by atoms with E-state index in [2.05, 4.69) is 4.98 Å². The molecular weight excluding hydrogens is 484 g/mol. The van der Waals surface area contributed by atoms with Crippen LogP contribution in [0.2, 0.25) is 0 Å². The number of hydrogen-bond acceptors (Lipinski definition) is 8. The van der Waals surface area contributed by atoms with Crippen molar-refractivity contribution >= 4 is 28.8 Å². The van der Waals surface area contributed by atoms with Gasteiger partial charge in [0, 0.05) is 23.5 Å². The van der Waals surface area contributed by atoms with Crippen molar-refractivity contribution in [3.05, 3.63) is 102 Å². The molecule has 3 atom stereocenters. The molecule has 0 aliphatic heterocycles. The van der Waals surface area contributed by atoms with E-state index >= 15 is 0 Å². The number of hydrogen-bond donors (Lipinski definition) is 4. The molecule has 196 valence electrons. The van der Waals surface area contributed by atoms with Gasteiger partial charge < -0.3 is 31.7 Å². The molecule has 3 aromatic carbocycles. The van der Waals surface area contributed by atoms with Crippen LogP contribution in [-0.2, 0) is 38.4 Å². The molecule has 0 saturated carbocycles. The summed E-state index contributed by atoms with van der Waals surface area (Å²) in [6.45, 7) is 0. The van der Waals surface area contributed by atoms with Crippen LogP contribution in [0.25, 0.3) is 10.9 Å². The second-order valence-corrected chi connectivity index (χ2v) is 9.08. The van der Waals surface area contributed by atoms with E-state index in [1.807, 2.05) is 60.8 Å². The lowest BCUT2D eigenvalue weighted by atomic mass is 10.1. The van der Waals surface area contributed by atoms with E-state index in [1.165, 1.54) is 0 Å². The molecule has 38 heavy (non-hydrogen) atoms. The standard InChI is InChI=1S/C29H30N4O5/c30-23(14-18-6-2-1-3-7-18)28(35)38-29(36)24(31)15-19-10-12-21(13-11-19)37-27(34)25(32)16-20-17-33-26-9-5-4-8-22(20)26/h1-13,17,23-25,33H,14-16,30-32H2/t23-,24-,25-/m0/s1. The average Bonchev–Trinajstić information content (AvgIpc) is 3.32. The molecule has 0 bridgehead atoms. The van der Waals surface area contributed by atoms with Crippen molar-refractivity contribution < 1.29 is 23.9 Å². The fourth-order valence-corrected chi connectivity index (χ4v) is 4.05. The predicted molar refractivity (Wildman–Crippen MR) is 143 cm³/mol. The first-order valence-corrected chi connectivity index (χ1v) is 12.2. The fraction of sp³-hybridized carbons (Fsp3) is 0.207. The number of nitrogens with two attached hydrogens (primary N) is 3. The number of fused-ring (bicyclic) bond motifs is 1. The van der Waals surface area contributed by atoms with Gasteiger partial charge >= 0.3 is 17.9 Å². The van der Waals surface area contributed by atoms with Gasteiger partial charge in [-0.05, 0) is 47.7 Å². The average molecular weight is 515 g/mol. The van der Waals surface area contributed by atoms with E-state index < -0.39 is 36.0 Å². The summed E-state index contributed by atoms with van der Waals surface area (Å²) in [5, 5.41) is 1.01. The van der Waals surface area contributed by atoms with Crippen LogP contribution in [0.4, 0.5) is 0 Å². The smallest absolute Gasteiger partial charge is 0.330 e. The SMILES string of the molecule is N[C@@H](Cc1ccccc1)C(=O)OC(=O)[C@@H](N)Cc1ccc(OC(=O)[C@@H](N)Cc2c[nH]c3ccccc23)cc1. The fourth-order valence-electron chi connectivity index (χ4n) is 4.05. The van der Waals surface area contributed by atoms with Crippen LogP contribution < -0.4 is 21.9 Å². The van der Waals surface area contributed by atoms with E-state index in [-0.39, 0.29) is 12.8 Å². The Bertz CT molecular complexity index is 1400. The Hall–Kier alpha value is -4.31. The van der Waals surface area contributed by atoms with Gasteiger partial charge in [-0.3, -0.25) is 0 Å².